The third-order valence-electron chi connectivity index (χ3n) is 2.69. The lowest BCUT2D eigenvalue weighted by Gasteiger charge is -2.29. The van der Waals surface area contributed by atoms with Gasteiger partial charge in [-0.05, 0) is 12.1 Å². The van der Waals surface area contributed by atoms with Crippen molar-refractivity contribution in [1.82, 2.24) is 0 Å². The molecule has 0 atom stereocenters. The van der Waals surface area contributed by atoms with Gasteiger partial charge in [-0.1, -0.05) is 18.1 Å². The molecule has 0 aromatic heterocycles. The molecule has 1 saturated heterocycles. The summed E-state index contributed by atoms with van der Waals surface area (Å²) >= 11 is 0. The molecule has 6 nitrogen and oxygen atoms in total. The number of terminal acetylenes is 1. The number of para-hydroxylation sites is 2. The first-order chi connectivity index (χ1) is 10.4. The fraction of sp³-hybridized carbons (Fsp3) is 0.250. The van der Waals surface area contributed by atoms with E-state index in [0.29, 0.717) is 11.4 Å². The van der Waals surface area contributed by atoms with Crippen LogP contribution in [-0.4, -0.2) is 24.3 Å². The third-order valence-corrected chi connectivity index (χ3v) is 2.69. The molecule has 0 saturated carbocycles. The number of ether oxygens (including phenoxy) is 3. The number of benzene rings is 1. The van der Waals surface area contributed by atoms with Crippen LogP contribution in [-0.2, 0) is 19.1 Å². The first-order valence-electron chi connectivity index (χ1n) is 6.51. The molecule has 1 aromatic rings. The molecule has 1 aliphatic rings. The summed E-state index contributed by atoms with van der Waals surface area (Å²) in [6.45, 7) is 3.07. The molecule has 114 valence electrons. The predicted octanol–water partition coefficient (Wildman–Crippen LogP) is 1.83. The molecule has 0 amide bonds. The lowest BCUT2D eigenvalue weighted by molar-refractivity contribution is -0.222. The van der Waals surface area contributed by atoms with Crippen LogP contribution in [0.25, 0.3) is 0 Å². The number of nitrogens with one attached hydrogen (secondary N) is 1. The number of anilines is 1. The van der Waals surface area contributed by atoms with Crippen LogP contribution in [0.15, 0.2) is 36.0 Å². The van der Waals surface area contributed by atoms with E-state index in [9.17, 15) is 9.59 Å². The fourth-order valence-electron chi connectivity index (χ4n) is 1.76. The molecule has 0 aliphatic carbocycles. The van der Waals surface area contributed by atoms with Gasteiger partial charge in [-0.2, -0.15) is 0 Å². The van der Waals surface area contributed by atoms with Gasteiger partial charge in [-0.25, -0.2) is 9.59 Å². The molecular formula is C16H15NO5. The second-order valence-corrected chi connectivity index (χ2v) is 4.87. The molecule has 6 heteroatoms. The molecule has 0 radical (unpaired) electrons. The van der Waals surface area contributed by atoms with Crippen molar-refractivity contribution >= 4 is 17.6 Å². The molecule has 1 fully saturated rings. The maximum Gasteiger partial charge on any atom is 0.350 e. The van der Waals surface area contributed by atoms with E-state index in [1.807, 2.05) is 0 Å². The van der Waals surface area contributed by atoms with E-state index in [1.165, 1.54) is 20.0 Å². The van der Waals surface area contributed by atoms with Crippen molar-refractivity contribution in [3.63, 3.8) is 0 Å². The lowest BCUT2D eigenvalue weighted by atomic mass is 10.2. The Bertz CT molecular complexity index is 647. The summed E-state index contributed by atoms with van der Waals surface area (Å²) in [4.78, 5) is 23.6. The standard InChI is InChI=1S/C16H15NO5/c1-4-9-20-13-8-6-5-7-12(13)17-10-11-14(18)21-16(2,3)22-15(11)19/h1,5-8,10,17H,9H2,2-3H3. The summed E-state index contributed by atoms with van der Waals surface area (Å²) in [5.41, 5.74) is 0.321. The maximum absolute atomic E-state index is 11.8. The minimum atomic E-state index is -1.26. The van der Waals surface area contributed by atoms with Crippen LogP contribution in [0.4, 0.5) is 5.69 Å². The topological polar surface area (TPSA) is 73.9 Å². The summed E-state index contributed by atoms with van der Waals surface area (Å²) in [5.74, 6) is 0.0815. The molecule has 1 N–H and O–H groups in total. The monoisotopic (exact) mass is 301 g/mol. The van der Waals surface area contributed by atoms with Gasteiger partial charge in [0.05, 0.1) is 5.69 Å². The minimum Gasteiger partial charge on any atom is -0.479 e. The van der Waals surface area contributed by atoms with Crippen LogP contribution in [0.1, 0.15) is 13.8 Å². The molecule has 1 aromatic carbocycles. The number of carbonyl (C=O) groups excluding carboxylic acids is 2. The van der Waals surface area contributed by atoms with Crippen LogP contribution >= 0.6 is 0 Å². The highest BCUT2D eigenvalue weighted by molar-refractivity contribution is 6.15. The smallest absolute Gasteiger partial charge is 0.350 e. The number of cyclic esters (lactones) is 2. The number of esters is 2. The maximum atomic E-state index is 11.8. The minimum absolute atomic E-state index is 0.105. The van der Waals surface area contributed by atoms with Crippen molar-refractivity contribution in [1.29, 1.82) is 0 Å². The van der Waals surface area contributed by atoms with Crippen molar-refractivity contribution in [2.75, 3.05) is 11.9 Å². The van der Waals surface area contributed by atoms with Gasteiger partial charge in [0.15, 0.2) is 5.57 Å². The second kappa shape index (κ2) is 6.22. The number of hydrogen-bond donors (Lipinski definition) is 1. The highest BCUT2D eigenvalue weighted by atomic mass is 16.7. The van der Waals surface area contributed by atoms with Crippen LogP contribution < -0.4 is 10.1 Å². The summed E-state index contributed by atoms with van der Waals surface area (Å²) in [6.07, 6.45) is 6.37. The highest BCUT2D eigenvalue weighted by Crippen LogP contribution is 2.26. The van der Waals surface area contributed by atoms with Gasteiger partial charge in [-0.15, -0.1) is 6.42 Å². The van der Waals surface area contributed by atoms with Crippen molar-refractivity contribution in [3.8, 4) is 18.1 Å². The van der Waals surface area contributed by atoms with Crippen LogP contribution in [0, 0.1) is 12.3 Å². The number of carbonyl (C=O) groups is 2. The van der Waals surface area contributed by atoms with Gasteiger partial charge in [0.2, 0.25) is 0 Å². The highest BCUT2D eigenvalue weighted by Gasteiger charge is 2.38. The SMILES string of the molecule is C#CCOc1ccccc1NC=C1C(=O)OC(C)(C)OC1=O. The van der Waals surface area contributed by atoms with E-state index >= 15 is 0 Å². The van der Waals surface area contributed by atoms with Crippen LogP contribution in [0.2, 0.25) is 0 Å². The summed E-state index contributed by atoms with van der Waals surface area (Å²) in [6, 6.07) is 6.96. The van der Waals surface area contributed by atoms with Crippen molar-refractivity contribution < 1.29 is 23.8 Å². The van der Waals surface area contributed by atoms with E-state index in [0.717, 1.165) is 0 Å². The largest absolute Gasteiger partial charge is 0.479 e. The van der Waals surface area contributed by atoms with E-state index in [2.05, 4.69) is 11.2 Å². The third kappa shape index (κ3) is 3.58. The Morgan fingerprint density at radius 3 is 2.55 bits per heavy atom. The molecular weight excluding hydrogens is 286 g/mol. The van der Waals surface area contributed by atoms with Gasteiger partial charge in [-0.3, -0.25) is 0 Å². The first kappa shape index (κ1) is 15.4. The van der Waals surface area contributed by atoms with Gasteiger partial charge < -0.3 is 19.5 Å². The molecule has 0 spiro atoms. The van der Waals surface area contributed by atoms with Crippen molar-refractivity contribution in [3.05, 3.63) is 36.0 Å². The fourth-order valence-corrected chi connectivity index (χ4v) is 1.76. The molecule has 1 heterocycles. The molecule has 0 bridgehead atoms. The number of rotatable bonds is 4. The van der Waals surface area contributed by atoms with Crippen LogP contribution in [0.3, 0.4) is 0 Å². The zero-order valence-corrected chi connectivity index (χ0v) is 12.2. The van der Waals surface area contributed by atoms with Gasteiger partial charge in [0.1, 0.15) is 12.4 Å². The molecule has 22 heavy (non-hydrogen) atoms. The van der Waals surface area contributed by atoms with E-state index in [4.69, 9.17) is 20.6 Å². The normalized spacial score (nSPS) is 16.1. The van der Waals surface area contributed by atoms with E-state index in [-0.39, 0.29) is 12.2 Å². The number of hydrogen-bond acceptors (Lipinski definition) is 6. The Hall–Kier alpha value is -2.94. The average molecular weight is 301 g/mol. The second-order valence-electron chi connectivity index (χ2n) is 4.87. The lowest BCUT2D eigenvalue weighted by Crippen LogP contribution is -2.42. The van der Waals surface area contributed by atoms with E-state index in [1.54, 1.807) is 24.3 Å². The molecule has 1 aliphatic heterocycles. The van der Waals surface area contributed by atoms with Crippen molar-refractivity contribution in [2.45, 2.75) is 19.6 Å². The molecule has 0 unspecified atom stereocenters. The summed E-state index contributed by atoms with van der Waals surface area (Å²) < 4.78 is 15.3. The van der Waals surface area contributed by atoms with E-state index < -0.39 is 17.7 Å². The predicted molar refractivity (Wildman–Crippen MR) is 78.7 cm³/mol. The van der Waals surface area contributed by atoms with Gasteiger partial charge in [0, 0.05) is 20.0 Å². The Morgan fingerprint density at radius 1 is 1.27 bits per heavy atom. The Kier molecular flexibility index (Phi) is 4.37. The molecule has 2 rings (SSSR count). The van der Waals surface area contributed by atoms with Gasteiger partial charge in [0.25, 0.3) is 5.79 Å². The summed E-state index contributed by atoms with van der Waals surface area (Å²) in [5, 5.41) is 2.82. The zero-order chi connectivity index (χ0) is 16.2. The van der Waals surface area contributed by atoms with Crippen molar-refractivity contribution in [2.24, 2.45) is 0 Å². The zero-order valence-electron chi connectivity index (χ0n) is 12.2. The quantitative estimate of drug-likeness (QED) is 0.396. The van der Waals surface area contributed by atoms with Crippen LogP contribution in [0.5, 0.6) is 5.75 Å². The Morgan fingerprint density at radius 2 is 1.91 bits per heavy atom. The average Bonchev–Trinajstić information content (AvgIpc) is 2.44. The van der Waals surface area contributed by atoms with Gasteiger partial charge >= 0.3 is 11.9 Å². The first-order valence-corrected chi connectivity index (χ1v) is 6.51. The summed E-state index contributed by atoms with van der Waals surface area (Å²) in [7, 11) is 0. The Labute approximate surface area is 128 Å². The Balaban J connectivity index is 2.17.